The summed E-state index contributed by atoms with van der Waals surface area (Å²) >= 11 is 0. The molecule has 0 saturated heterocycles. The largest absolute Gasteiger partial charge is 0.454 e. The quantitative estimate of drug-likeness (QED) is 0.598. The molecule has 4 rings (SSSR count). The molecule has 0 radical (unpaired) electrons. The molecule has 2 atom stereocenters. The second kappa shape index (κ2) is 8.22. The number of amides is 1. The number of ether oxygens (including phenoxy) is 1. The van der Waals surface area contributed by atoms with E-state index in [0.717, 1.165) is 15.8 Å². The number of carbonyl (C=O) groups excluding carboxylic acids is 2. The van der Waals surface area contributed by atoms with E-state index in [1.165, 1.54) is 6.92 Å². The average Bonchev–Trinajstić information content (AvgIpc) is 3.12. The smallest absolute Gasteiger partial charge is 0.320 e. The third kappa shape index (κ3) is 3.90. The SMILES string of the molecule is CC(OC(=O)CCC1Cc2ccccc2NC1=O)c1nc2ccccc2n1C(F)F. The maximum Gasteiger partial charge on any atom is 0.320 e. The fourth-order valence-electron chi connectivity index (χ4n) is 3.80. The zero-order valence-electron chi connectivity index (χ0n) is 16.3. The Bertz CT molecular complexity index is 1100. The third-order valence-electron chi connectivity index (χ3n) is 5.30. The minimum Gasteiger partial charge on any atom is -0.454 e. The third-order valence-corrected chi connectivity index (χ3v) is 5.30. The van der Waals surface area contributed by atoms with Gasteiger partial charge in [0.2, 0.25) is 5.91 Å². The molecule has 156 valence electrons. The normalized spacial score (nSPS) is 16.9. The van der Waals surface area contributed by atoms with E-state index in [4.69, 9.17) is 4.74 Å². The predicted molar refractivity (Wildman–Crippen MR) is 107 cm³/mol. The lowest BCUT2D eigenvalue weighted by molar-refractivity contribution is -0.149. The molecule has 2 heterocycles. The first-order valence-electron chi connectivity index (χ1n) is 9.77. The Morgan fingerprint density at radius 2 is 1.97 bits per heavy atom. The van der Waals surface area contributed by atoms with E-state index in [2.05, 4.69) is 10.3 Å². The lowest BCUT2D eigenvalue weighted by Gasteiger charge is -2.24. The van der Waals surface area contributed by atoms with E-state index >= 15 is 0 Å². The second-order valence-electron chi connectivity index (χ2n) is 7.32. The van der Waals surface area contributed by atoms with E-state index in [-0.39, 0.29) is 29.6 Å². The number of imidazole rings is 1. The van der Waals surface area contributed by atoms with Crippen LogP contribution in [0, 0.1) is 5.92 Å². The van der Waals surface area contributed by atoms with E-state index in [9.17, 15) is 18.4 Å². The Kier molecular flexibility index (Phi) is 5.48. The Morgan fingerprint density at radius 3 is 2.77 bits per heavy atom. The summed E-state index contributed by atoms with van der Waals surface area (Å²) in [5.41, 5.74) is 2.51. The van der Waals surface area contributed by atoms with Gasteiger partial charge >= 0.3 is 12.5 Å². The van der Waals surface area contributed by atoms with Crippen LogP contribution >= 0.6 is 0 Å². The molecule has 0 bridgehead atoms. The number of aromatic nitrogens is 2. The average molecular weight is 413 g/mol. The Hall–Kier alpha value is -3.29. The number of para-hydroxylation sites is 3. The fraction of sp³-hybridized carbons (Fsp3) is 0.318. The molecule has 30 heavy (non-hydrogen) atoms. The van der Waals surface area contributed by atoms with Crippen LogP contribution in [0.1, 0.15) is 43.8 Å². The lowest BCUT2D eigenvalue weighted by Crippen LogP contribution is -2.30. The number of halogens is 2. The zero-order chi connectivity index (χ0) is 21.3. The molecule has 8 heteroatoms. The molecule has 0 spiro atoms. The number of benzene rings is 2. The molecule has 0 aliphatic carbocycles. The summed E-state index contributed by atoms with van der Waals surface area (Å²) < 4.78 is 33.3. The molecular weight excluding hydrogens is 392 g/mol. The Balaban J connectivity index is 1.41. The van der Waals surface area contributed by atoms with Crippen molar-refractivity contribution in [1.82, 2.24) is 9.55 Å². The molecule has 3 aromatic rings. The molecule has 1 aliphatic rings. The monoisotopic (exact) mass is 413 g/mol. The maximum atomic E-state index is 13.6. The van der Waals surface area contributed by atoms with Gasteiger partial charge in [0.25, 0.3) is 0 Å². The molecule has 6 nitrogen and oxygen atoms in total. The molecule has 1 aromatic heterocycles. The van der Waals surface area contributed by atoms with Crippen LogP contribution in [0.3, 0.4) is 0 Å². The van der Waals surface area contributed by atoms with Crippen LogP contribution in [0.5, 0.6) is 0 Å². The van der Waals surface area contributed by atoms with Crippen molar-refractivity contribution < 1.29 is 23.1 Å². The van der Waals surface area contributed by atoms with Crippen LogP contribution in [-0.4, -0.2) is 21.4 Å². The number of fused-ring (bicyclic) bond motifs is 2. The summed E-state index contributed by atoms with van der Waals surface area (Å²) in [5.74, 6) is -1.03. The number of hydrogen-bond donors (Lipinski definition) is 1. The van der Waals surface area contributed by atoms with E-state index < -0.39 is 18.6 Å². The van der Waals surface area contributed by atoms with Crippen LogP contribution in [0.2, 0.25) is 0 Å². The van der Waals surface area contributed by atoms with Gasteiger partial charge in [0.15, 0.2) is 11.9 Å². The number of nitrogens with one attached hydrogen (secondary N) is 1. The molecule has 0 saturated carbocycles. The zero-order valence-corrected chi connectivity index (χ0v) is 16.3. The molecular formula is C22H21F2N3O3. The molecule has 0 fully saturated rings. The number of rotatable bonds is 6. The van der Waals surface area contributed by atoms with Gasteiger partial charge in [0, 0.05) is 18.0 Å². The van der Waals surface area contributed by atoms with Crippen molar-refractivity contribution in [2.45, 2.75) is 38.8 Å². The number of hydrogen-bond acceptors (Lipinski definition) is 4. The van der Waals surface area contributed by atoms with Crippen molar-refractivity contribution >= 4 is 28.6 Å². The molecule has 2 aromatic carbocycles. The van der Waals surface area contributed by atoms with E-state index in [1.807, 2.05) is 24.3 Å². The van der Waals surface area contributed by atoms with Gasteiger partial charge in [0.1, 0.15) is 0 Å². The van der Waals surface area contributed by atoms with Crippen LogP contribution in [-0.2, 0) is 20.7 Å². The van der Waals surface area contributed by atoms with Gasteiger partial charge in [-0.2, -0.15) is 8.78 Å². The van der Waals surface area contributed by atoms with Crippen LogP contribution in [0.4, 0.5) is 14.5 Å². The van der Waals surface area contributed by atoms with Crippen LogP contribution < -0.4 is 5.32 Å². The number of nitrogens with zero attached hydrogens (tertiary/aromatic N) is 2. The predicted octanol–water partition coefficient (Wildman–Crippen LogP) is 4.63. The van der Waals surface area contributed by atoms with Crippen molar-refractivity contribution in [3.05, 3.63) is 59.9 Å². The maximum absolute atomic E-state index is 13.6. The van der Waals surface area contributed by atoms with Gasteiger partial charge in [-0.15, -0.1) is 0 Å². The second-order valence-corrected chi connectivity index (χ2v) is 7.32. The van der Waals surface area contributed by atoms with Crippen LogP contribution in [0.15, 0.2) is 48.5 Å². The molecule has 1 amide bonds. The highest BCUT2D eigenvalue weighted by Gasteiger charge is 2.28. The summed E-state index contributed by atoms with van der Waals surface area (Å²) in [5, 5.41) is 2.85. The Morgan fingerprint density at radius 1 is 1.23 bits per heavy atom. The summed E-state index contributed by atoms with van der Waals surface area (Å²) in [7, 11) is 0. The number of alkyl halides is 2. The van der Waals surface area contributed by atoms with Crippen molar-refractivity contribution in [3.63, 3.8) is 0 Å². The van der Waals surface area contributed by atoms with E-state index in [0.29, 0.717) is 18.4 Å². The molecule has 1 aliphatic heterocycles. The van der Waals surface area contributed by atoms with Crippen molar-refractivity contribution in [1.29, 1.82) is 0 Å². The summed E-state index contributed by atoms with van der Waals surface area (Å²) in [6.07, 6.45) is -0.0671. The van der Waals surface area contributed by atoms with Gasteiger partial charge in [-0.25, -0.2) is 4.98 Å². The lowest BCUT2D eigenvalue weighted by atomic mass is 9.90. The van der Waals surface area contributed by atoms with Gasteiger partial charge in [-0.1, -0.05) is 30.3 Å². The topological polar surface area (TPSA) is 73.2 Å². The van der Waals surface area contributed by atoms with Crippen LogP contribution in [0.25, 0.3) is 11.0 Å². The van der Waals surface area contributed by atoms with Crippen molar-refractivity contribution in [2.24, 2.45) is 5.92 Å². The van der Waals surface area contributed by atoms with Gasteiger partial charge in [-0.05, 0) is 43.5 Å². The summed E-state index contributed by atoms with van der Waals surface area (Å²) in [4.78, 5) is 28.8. The van der Waals surface area contributed by atoms with Gasteiger partial charge in [-0.3, -0.25) is 14.2 Å². The van der Waals surface area contributed by atoms with E-state index in [1.54, 1.807) is 24.3 Å². The number of esters is 1. The minimum atomic E-state index is -2.81. The van der Waals surface area contributed by atoms with Crippen molar-refractivity contribution in [2.75, 3.05) is 5.32 Å². The first kappa shape index (κ1) is 20.0. The number of anilines is 1. The Labute approximate surface area is 171 Å². The number of carbonyl (C=O) groups is 2. The molecule has 2 unspecified atom stereocenters. The minimum absolute atomic E-state index is 0.0103. The first-order chi connectivity index (χ1) is 14.4. The highest BCUT2D eigenvalue weighted by atomic mass is 19.3. The highest BCUT2D eigenvalue weighted by Crippen LogP contribution is 2.30. The standard InChI is InChI=1S/C22H21F2N3O3/c1-13(20-25-17-8-4-5-9-18(17)27(20)22(23)24)30-19(28)11-10-15-12-14-6-2-3-7-16(14)26-21(15)29/h2-9,13,15,22H,10-12H2,1H3,(H,26,29). The van der Waals surface area contributed by atoms with Gasteiger partial charge < -0.3 is 10.1 Å². The van der Waals surface area contributed by atoms with Crippen molar-refractivity contribution in [3.8, 4) is 0 Å². The summed E-state index contributed by atoms with van der Waals surface area (Å²) in [6, 6.07) is 14.1. The first-order valence-corrected chi connectivity index (χ1v) is 9.77. The summed E-state index contributed by atoms with van der Waals surface area (Å²) in [6.45, 7) is -1.29. The van der Waals surface area contributed by atoms with Gasteiger partial charge in [0.05, 0.1) is 11.0 Å². The fourth-order valence-corrected chi connectivity index (χ4v) is 3.80. The molecule has 1 N–H and O–H groups in total. The highest BCUT2D eigenvalue weighted by molar-refractivity contribution is 5.95.